The van der Waals surface area contributed by atoms with E-state index in [4.69, 9.17) is 10.8 Å². The van der Waals surface area contributed by atoms with Crippen molar-refractivity contribution in [1.82, 2.24) is 25.3 Å². The molecule has 3 rings (SSSR count). The molecule has 19 heteroatoms. The van der Waals surface area contributed by atoms with Gasteiger partial charge in [-0.15, -0.1) is 0 Å². The molecular weight excluding hydrogens is 652 g/mol. The minimum Gasteiger partial charge on any atom is -0.481 e. The molecule has 0 aromatic carbocycles. The monoisotopic (exact) mass is 696 g/mol. The average Bonchev–Trinajstić information content (AvgIpc) is 3.83. The van der Waals surface area contributed by atoms with Crippen molar-refractivity contribution < 1.29 is 63.6 Å². The van der Waals surface area contributed by atoms with E-state index in [0.717, 1.165) is 9.80 Å². The number of hydrogen-bond acceptors (Lipinski definition) is 10. The van der Waals surface area contributed by atoms with Gasteiger partial charge < -0.3 is 51.5 Å². The Bertz CT molecular complexity index is 1320. The van der Waals surface area contributed by atoms with Crippen LogP contribution in [0.3, 0.4) is 0 Å². The van der Waals surface area contributed by atoms with Crippen molar-refractivity contribution in [3.8, 4) is 0 Å². The van der Waals surface area contributed by atoms with Crippen LogP contribution in [-0.2, 0) is 43.2 Å². The van der Waals surface area contributed by atoms with E-state index in [9.17, 15) is 58.5 Å². The highest BCUT2D eigenvalue weighted by atomic mass is 16.4. The van der Waals surface area contributed by atoms with Gasteiger partial charge in [0.1, 0.15) is 30.2 Å². The fourth-order valence-electron chi connectivity index (χ4n) is 6.50. The van der Waals surface area contributed by atoms with Gasteiger partial charge in [0, 0.05) is 38.9 Å². The maximum absolute atomic E-state index is 13.8. The van der Waals surface area contributed by atoms with Gasteiger partial charge in [-0.2, -0.15) is 0 Å². The third-order valence-electron chi connectivity index (χ3n) is 9.01. The zero-order valence-electron chi connectivity index (χ0n) is 27.0. The molecular formula is C30H44N6O13. The van der Waals surface area contributed by atoms with Gasteiger partial charge in [-0.25, -0.2) is 4.79 Å². The van der Waals surface area contributed by atoms with Crippen LogP contribution >= 0.6 is 0 Å². The summed E-state index contributed by atoms with van der Waals surface area (Å²) >= 11 is 0. The SMILES string of the molecule is N[C@@H](CCC(=O)O)C(=O)N1CCC[C@H]1C(=O)N[C@@H](CCC(=O)O)C(=O)N1CCC[C@H]1C(=O)N[C@@H](CCC(=O)O)C(=O)N1CCC[C@H]1C(=O)O. The summed E-state index contributed by atoms with van der Waals surface area (Å²) in [7, 11) is 0. The van der Waals surface area contributed by atoms with Crippen LogP contribution in [0.15, 0.2) is 0 Å². The van der Waals surface area contributed by atoms with E-state index in [0.29, 0.717) is 19.3 Å². The molecule has 19 nitrogen and oxygen atoms in total. The van der Waals surface area contributed by atoms with E-state index >= 15 is 0 Å². The quantitative estimate of drug-likeness (QED) is 0.0860. The molecule has 3 aliphatic rings. The number of carboxylic acid groups (broad SMARTS) is 4. The van der Waals surface area contributed by atoms with Gasteiger partial charge in [-0.1, -0.05) is 0 Å². The highest BCUT2D eigenvalue weighted by molar-refractivity contribution is 5.97. The molecule has 0 spiro atoms. The van der Waals surface area contributed by atoms with Crippen molar-refractivity contribution in [1.29, 1.82) is 0 Å². The minimum absolute atomic E-state index is 0.0454. The van der Waals surface area contributed by atoms with Crippen molar-refractivity contribution in [2.45, 2.75) is 113 Å². The topological polar surface area (TPSA) is 294 Å². The molecule has 6 atom stereocenters. The lowest BCUT2D eigenvalue weighted by Crippen LogP contribution is -2.58. The molecule has 0 radical (unpaired) electrons. The van der Waals surface area contributed by atoms with Crippen molar-refractivity contribution in [2.75, 3.05) is 19.6 Å². The summed E-state index contributed by atoms with van der Waals surface area (Å²) in [6.45, 7) is 0.308. The standard InChI is InChI=1S/C30H44N6O13/c31-16(7-10-22(37)38)27(45)34-13-1-4-19(34)25(43)32-17(8-11-23(39)40)28(46)35-14-2-5-20(35)26(44)33-18(9-12-24(41)42)29(47)36-15-3-6-21(36)30(48)49/h16-21H,1-15,31H2,(H,32,43)(H,33,44)(H,37,38)(H,39,40)(H,41,42)(H,48,49)/t16-,17-,18-,19-,20-,21-/m0/s1. The summed E-state index contributed by atoms with van der Waals surface area (Å²) in [5.74, 6) is -8.62. The molecule has 0 saturated carbocycles. The predicted octanol–water partition coefficient (Wildman–Crippen LogP) is -2.06. The lowest BCUT2D eigenvalue weighted by atomic mass is 10.1. The summed E-state index contributed by atoms with van der Waals surface area (Å²) in [4.78, 5) is 116. The van der Waals surface area contributed by atoms with Crippen LogP contribution in [0.1, 0.15) is 77.0 Å². The molecule has 3 fully saturated rings. The van der Waals surface area contributed by atoms with Gasteiger partial charge in [0.25, 0.3) is 0 Å². The summed E-state index contributed by atoms with van der Waals surface area (Å²) < 4.78 is 0. The van der Waals surface area contributed by atoms with E-state index in [-0.39, 0.29) is 64.6 Å². The number of likely N-dealkylation sites (tertiary alicyclic amines) is 3. The minimum atomic E-state index is -1.42. The number of carbonyl (C=O) groups is 9. The van der Waals surface area contributed by atoms with Crippen LogP contribution in [0, 0.1) is 0 Å². The highest BCUT2D eigenvalue weighted by Gasteiger charge is 2.43. The fraction of sp³-hybridized carbons (Fsp3) is 0.700. The zero-order valence-corrected chi connectivity index (χ0v) is 27.0. The molecule has 5 amide bonds. The molecule has 49 heavy (non-hydrogen) atoms. The van der Waals surface area contributed by atoms with Gasteiger partial charge in [-0.05, 0) is 57.8 Å². The van der Waals surface area contributed by atoms with Crippen molar-refractivity contribution in [3.63, 3.8) is 0 Å². The first kappa shape index (κ1) is 38.6. The van der Waals surface area contributed by atoms with Crippen molar-refractivity contribution in [3.05, 3.63) is 0 Å². The van der Waals surface area contributed by atoms with Crippen LogP contribution in [0.2, 0.25) is 0 Å². The Morgan fingerprint density at radius 1 is 0.551 bits per heavy atom. The molecule has 0 aromatic rings. The first-order valence-electron chi connectivity index (χ1n) is 16.3. The number of carbonyl (C=O) groups excluding carboxylic acids is 5. The van der Waals surface area contributed by atoms with E-state index < -0.39 is 103 Å². The average molecular weight is 697 g/mol. The third kappa shape index (κ3) is 10.3. The number of nitrogens with zero attached hydrogens (tertiary/aromatic N) is 3. The normalized spacial score (nSPS) is 22.2. The second-order valence-corrected chi connectivity index (χ2v) is 12.4. The highest BCUT2D eigenvalue weighted by Crippen LogP contribution is 2.24. The number of aliphatic carboxylic acids is 4. The molecule has 3 aliphatic heterocycles. The first-order valence-corrected chi connectivity index (χ1v) is 16.3. The van der Waals surface area contributed by atoms with Crippen LogP contribution in [0.4, 0.5) is 0 Å². The summed E-state index contributed by atoms with van der Waals surface area (Å²) in [6.07, 6.45) is -0.534. The van der Waals surface area contributed by atoms with E-state index in [1.165, 1.54) is 4.90 Å². The number of hydrogen-bond donors (Lipinski definition) is 7. The van der Waals surface area contributed by atoms with Crippen molar-refractivity contribution >= 4 is 53.4 Å². The molecule has 3 heterocycles. The summed E-state index contributed by atoms with van der Waals surface area (Å²) in [6, 6.07) is -7.34. The largest absolute Gasteiger partial charge is 0.481 e. The second kappa shape index (κ2) is 17.5. The number of nitrogens with two attached hydrogens (primary N) is 1. The molecule has 0 bridgehead atoms. The van der Waals surface area contributed by atoms with Crippen molar-refractivity contribution in [2.24, 2.45) is 5.73 Å². The van der Waals surface area contributed by atoms with E-state index in [1.54, 1.807) is 0 Å². The molecule has 8 N–H and O–H groups in total. The van der Waals surface area contributed by atoms with Gasteiger partial charge in [0.05, 0.1) is 6.04 Å². The Balaban J connectivity index is 1.75. The van der Waals surface area contributed by atoms with Crippen LogP contribution in [0.5, 0.6) is 0 Å². The molecule has 0 aromatic heterocycles. The maximum Gasteiger partial charge on any atom is 0.326 e. The lowest BCUT2D eigenvalue weighted by molar-refractivity contribution is -0.150. The molecule has 3 saturated heterocycles. The van der Waals surface area contributed by atoms with E-state index in [1.807, 2.05) is 0 Å². The van der Waals surface area contributed by atoms with Gasteiger partial charge in [0.2, 0.25) is 29.5 Å². The summed E-state index contributed by atoms with van der Waals surface area (Å²) in [5.41, 5.74) is 5.88. The third-order valence-corrected chi connectivity index (χ3v) is 9.01. The Labute approximate surface area is 281 Å². The smallest absolute Gasteiger partial charge is 0.326 e. The van der Waals surface area contributed by atoms with Crippen LogP contribution in [-0.4, -0.2) is 144 Å². The number of amides is 5. The summed E-state index contributed by atoms with van der Waals surface area (Å²) in [5, 5.41) is 42.0. The lowest BCUT2D eigenvalue weighted by Gasteiger charge is -2.32. The first-order chi connectivity index (χ1) is 23.1. The number of rotatable bonds is 17. The Morgan fingerprint density at radius 3 is 1.29 bits per heavy atom. The number of nitrogens with one attached hydrogen (secondary N) is 2. The number of carboxylic acids is 4. The van der Waals surface area contributed by atoms with Crippen LogP contribution < -0.4 is 16.4 Å². The second-order valence-electron chi connectivity index (χ2n) is 12.4. The van der Waals surface area contributed by atoms with Gasteiger partial charge in [0.15, 0.2) is 0 Å². The van der Waals surface area contributed by atoms with Crippen LogP contribution in [0.25, 0.3) is 0 Å². The molecule has 0 unspecified atom stereocenters. The Morgan fingerprint density at radius 2 is 0.898 bits per heavy atom. The predicted molar refractivity (Wildman–Crippen MR) is 164 cm³/mol. The van der Waals surface area contributed by atoms with Gasteiger partial charge in [-0.3, -0.25) is 38.4 Å². The zero-order chi connectivity index (χ0) is 36.4. The Kier molecular flexibility index (Phi) is 13.8. The van der Waals surface area contributed by atoms with E-state index in [2.05, 4.69) is 10.6 Å². The maximum atomic E-state index is 13.8. The molecule has 0 aliphatic carbocycles. The fourth-order valence-corrected chi connectivity index (χ4v) is 6.50. The van der Waals surface area contributed by atoms with Gasteiger partial charge >= 0.3 is 23.9 Å². The molecule has 272 valence electrons. The Hall–Kier alpha value is -4.81.